The molecule has 0 saturated heterocycles. The van der Waals surface area contributed by atoms with Crippen molar-refractivity contribution in [1.82, 2.24) is 0 Å². The van der Waals surface area contributed by atoms with Crippen LogP contribution in [-0.4, -0.2) is 24.9 Å². The molecular formula is C14H22N2S. The van der Waals surface area contributed by atoms with Crippen molar-refractivity contribution in [3.05, 3.63) is 23.8 Å². The maximum atomic E-state index is 5.96. The molecule has 3 heteroatoms. The van der Waals surface area contributed by atoms with Crippen LogP contribution in [0.1, 0.15) is 32.3 Å². The van der Waals surface area contributed by atoms with E-state index < -0.39 is 0 Å². The van der Waals surface area contributed by atoms with E-state index in [-0.39, 0.29) is 6.04 Å². The fourth-order valence-corrected chi connectivity index (χ4v) is 3.46. The maximum Gasteiger partial charge on any atom is 0.0540 e. The molecule has 1 aliphatic heterocycles. The quantitative estimate of drug-likeness (QED) is 0.894. The molecule has 0 amide bonds. The van der Waals surface area contributed by atoms with E-state index in [1.807, 2.05) is 11.8 Å². The Hall–Kier alpha value is -0.670. The van der Waals surface area contributed by atoms with E-state index in [1.165, 1.54) is 21.9 Å². The van der Waals surface area contributed by atoms with Gasteiger partial charge >= 0.3 is 0 Å². The number of nitrogens with zero attached hydrogens (tertiary/aromatic N) is 1. The first-order valence-electron chi connectivity index (χ1n) is 6.36. The smallest absolute Gasteiger partial charge is 0.0540 e. The van der Waals surface area contributed by atoms with Crippen molar-refractivity contribution in [1.29, 1.82) is 0 Å². The first-order valence-corrected chi connectivity index (χ1v) is 7.34. The Bertz CT molecular complexity index is 388. The molecule has 2 N–H and O–H groups in total. The van der Waals surface area contributed by atoms with Gasteiger partial charge in [0.05, 0.1) is 5.69 Å². The highest BCUT2D eigenvalue weighted by Gasteiger charge is 2.22. The summed E-state index contributed by atoms with van der Waals surface area (Å²) in [6, 6.07) is 6.89. The molecule has 94 valence electrons. The lowest BCUT2D eigenvalue weighted by molar-refractivity contribution is 0.678. The molecule has 2 nitrogen and oxygen atoms in total. The van der Waals surface area contributed by atoms with Crippen LogP contribution in [0.15, 0.2) is 23.1 Å². The molecule has 1 unspecified atom stereocenters. The molecule has 0 aliphatic carbocycles. The van der Waals surface area contributed by atoms with Crippen LogP contribution in [0.4, 0.5) is 5.69 Å². The van der Waals surface area contributed by atoms with Crippen molar-refractivity contribution < 1.29 is 0 Å². The van der Waals surface area contributed by atoms with Gasteiger partial charge in [0.15, 0.2) is 0 Å². The highest BCUT2D eigenvalue weighted by Crippen LogP contribution is 2.40. The van der Waals surface area contributed by atoms with Gasteiger partial charge in [0, 0.05) is 29.8 Å². The van der Waals surface area contributed by atoms with Crippen molar-refractivity contribution >= 4 is 17.4 Å². The van der Waals surface area contributed by atoms with E-state index in [2.05, 4.69) is 43.9 Å². The Morgan fingerprint density at radius 3 is 2.76 bits per heavy atom. The average molecular weight is 250 g/mol. The minimum Gasteiger partial charge on any atom is -0.368 e. The zero-order valence-corrected chi connectivity index (χ0v) is 11.8. The van der Waals surface area contributed by atoms with Crippen molar-refractivity contribution in [2.75, 3.05) is 23.7 Å². The normalized spacial score (nSPS) is 17.1. The van der Waals surface area contributed by atoms with Crippen molar-refractivity contribution in [3.8, 4) is 0 Å². The Kier molecular flexibility index (Phi) is 4.00. The second kappa shape index (κ2) is 5.32. The minimum absolute atomic E-state index is 0.228. The van der Waals surface area contributed by atoms with E-state index >= 15 is 0 Å². The lowest BCUT2D eigenvalue weighted by Crippen LogP contribution is -2.39. The van der Waals surface area contributed by atoms with Crippen LogP contribution in [0.25, 0.3) is 0 Å². The lowest BCUT2D eigenvalue weighted by atomic mass is 10.00. The second-order valence-corrected chi connectivity index (χ2v) is 6.26. The predicted molar refractivity (Wildman–Crippen MR) is 77.1 cm³/mol. The van der Waals surface area contributed by atoms with E-state index in [0.29, 0.717) is 5.92 Å². The van der Waals surface area contributed by atoms with Gasteiger partial charge in [-0.05, 0) is 24.5 Å². The van der Waals surface area contributed by atoms with Crippen molar-refractivity contribution in [3.63, 3.8) is 0 Å². The van der Waals surface area contributed by atoms with Crippen LogP contribution in [0.5, 0.6) is 0 Å². The van der Waals surface area contributed by atoms with Crippen molar-refractivity contribution in [2.24, 2.45) is 5.73 Å². The number of anilines is 1. The number of fused-ring (bicyclic) bond motifs is 1. The summed E-state index contributed by atoms with van der Waals surface area (Å²) in [5.41, 5.74) is 8.84. The summed E-state index contributed by atoms with van der Waals surface area (Å²) < 4.78 is 0. The summed E-state index contributed by atoms with van der Waals surface area (Å²) in [6.45, 7) is 8.68. The Balaban J connectivity index is 2.39. The SMILES string of the molecule is CC(N)CN1CCSc2cccc(C(C)C)c21. The molecule has 17 heavy (non-hydrogen) atoms. The average Bonchev–Trinajstić information content (AvgIpc) is 2.27. The Morgan fingerprint density at radius 1 is 1.35 bits per heavy atom. The molecule has 2 rings (SSSR count). The lowest BCUT2D eigenvalue weighted by Gasteiger charge is -2.34. The summed E-state index contributed by atoms with van der Waals surface area (Å²) in [4.78, 5) is 3.88. The largest absolute Gasteiger partial charge is 0.368 e. The highest BCUT2D eigenvalue weighted by atomic mass is 32.2. The topological polar surface area (TPSA) is 29.3 Å². The summed E-state index contributed by atoms with van der Waals surface area (Å²) in [5, 5.41) is 0. The van der Waals surface area contributed by atoms with Crippen molar-refractivity contribution in [2.45, 2.75) is 37.6 Å². The predicted octanol–water partition coefficient (Wildman–Crippen LogP) is 3.07. The number of benzene rings is 1. The standard InChI is InChI=1S/C14H22N2S/c1-10(2)12-5-4-6-13-14(12)16(7-8-17-13)9-11(3)15/h4-6,10-11H,7-9,15H2,1-3H3. The molecule has 0 saturated carbocycles. The second-order valence-electron chi connectivity index (χ2n) is 5.12. The summed E-state index contributed by atoms with van der Waals surface area (Å²) in [5.74, 6) is 1.74. The van der Waals surface area contributed by atoms with E-state index in [9.17, 15) is 0 Å². The summed E-state index contributed by atoms with van der Waals surface area (Å²) in [6.07, 6.45) is 0. The fourth-order valence-electron chi connectivity index (χ4n) is 2.37. The zero-order valence-electron chi connectivity index (χ0n) is 10.9. The molecule has 0 spiro atoms. The number of hydrogen-bond acceptors (Lipinski definition) is 3. The van der Waals surface area contributed by atoms with Gasteiger partial charge in [0.1, 0.15) is 0 Å². The Labute approximate surface area is 109 Å². The number of nitrogens with two attached hydrogens (primary N) is 1. The molecule has 0 bridgehead atoms. The molecule has 1 aliphatic rings. The number of hydrogen-bond donors (Lipinski definition) is 1. The third-order valence-electron chi connectivity index (χ3n) is 3.10. The van der Waals surface area contributed by atoms with Gasteiger partial charge in [-0.2, -0.15) is 0 Å². The first-order chi connectivity index (χ1) is 8.09. The van der Waals surface area contributed by atoms with Crippen LogP contribution < -0.4 is 10.6 Å². The number of para-hydroxylation sites is 1. The zero-order chi connectivity index (χ0) is 12.4. The third-order valence-corrected chi connectivity index (χ3v) is 4.12. The fraction of sp³-hybridized carbons (Fsp3) is 0.571. The van der Waals surface area contributed by atoms with E-state index in [0.717, 1.165) is 13.1 Å². The van der Waals surface area contributed by atoms with Gasteiger partial charge in [-0.25, -0.2) is 0 Å². The van der Waals surface area contributed by atoms with Crippen LogP contribution >= 0.6 is 11.8 Å². The first kappa shape index (κ1) is 12.8. The number of thioether (sulfide) groups is 1. The molecule has 1 aromatic rings. The van der Waals surface area contributed by atoms with Gasteiger partial charge in [0.25, 0.3) is 0 Å². The van der Waals surface area contributed by atoms with Gasteiger partial charge in [-0.1, -0.05) is 26.0 Å². The van der Waals surface area contributed by atoms with Gasteiger partial charge < -0.3 is 10.6 Å². The molecule has 0 radical (unpaired) electrons. The molecule has 0 aromatic heterocycles. The maximum absolute atomic E-state index is 5.96. The van der Waals surface area contributed by atoms with Gasteiger partial charge in [0.2, 0.25) is 0 Å². The van der Waals surface area contributed by atoms with E-state index in [4.69, 9.17) is 5.73 Å². The molecule has 1 heterocycles. The summed E-state index contributed by atoms with van der Waals surface area (Å²) >= 11 is 1.97. The van der Waals surface area contributed by atoms with Gasteiger partial charge in [-0.15, -0.1) is 11.8 Å². The molecule has 1 atom stereocenters. The van der Waals surface area contributed by atoms with Crippen LogP contribution in [0, 0.1) is 0 Å². The monoisotopic (exact) mass is 250 g/mol. The Morgan fingerprint density at radius 2 is 2.12 bits per heavy atom. The van der Waals surface area contributed by atoms with Crippen LogP contribution in [0.3, 0.4) is 0 Å². The minimum atomic E-state index is 0.228. The molecule has 0 fully saturated rings. The van der Waals surface area contributed by atoms with Gasteiger partial charge in [-0.3, -0.25) is 0 Å². The number of rotatable bonds is 3. The van der Waals surface area contributed by atoms with Crippen LogP contribution in [0.2, 0.25) is 0 Å². The molecule has 1 aromatic carbocycles. The van der Waals surface area contributed by atoms with Crippen LogP contribution in [-0.2, 0) is 0 Å². The molecular weight excluding hydrogens is 228 g/mol. The summed E-state index contributed by atoms with van der Waals surface area (Å²) in [7, 11) is 0. The van der Waals surface area contributed by atoms with E-state index in [1.54, 1.807) is 0 Å². The highest BCUT2D eigenvalue weighted by molar-refractivity contribution is 7.99. The third kappa shape index (κ3) is 2.78.